The summed E-state index contributed by atoms with van der Waals surface area (Å²) < 4.78 is 24.2. The highest BCUT2D eigenvalue weighted by molar-refractivity contribution is 5.70. The van der Waals surface area contributed by atoms with Crippen LogP contribution >= 0.6 is 0 Å². The van der Waals surface area contributed by atoms with Gasteiger partial charge < -0.3 is 5.11 Å². The van der Waals surface area contributed by atoms with Gasteiger partial charge in [-0.25, -0.2) is 8.78 Å². The van der Waals surface area contributed by atoms with Crippen LogP contribution < -0.4 is 0 Å². The molecule has 1 aliphatic rings. The number of aliphatic carboxylic acids is 1. The maximum Gasteiger partial charge on any atom is 0.307 e. The third kappa shape index (κ3) is 3.21. The third-order valence-electron chi connectivity index (χ3n) is 2.48. The minimum atomic E-state index is -2.38. The summed E-state index contributed by atoms with van der Waals surface area (Å²) in [5.41, 5.74) is 0. The number of likely N-dealkylation sites (tertiary alicyclic amines) is 1. The maximum atomic E-state index is 12.1. The molecule has 3 nitrogen and oxygen atoms in total. The van der Waals surface area contributed by atoms with Crippen molar-refractivity contribution in [1.29, 1.82) is 0 Å². The number of hydrogen-bond donors (Lipinski definition) is 1. The van der Waals surface area contributed by atoms with Crippen molar-refractivity contribution in [3.8, 4) is 0 Å². The minimum Gasteiger partial charge on any atom is -0.481 e. The van der Waals surface area contributed by atoms with Crippen molar-refractivity contribution in [1.82, 2.24) is 4.90 Å². The molecule has 1 fully saturated rings. The molecule has 0 amide bonds. The van der Waals surface area contributed by atoms with Crippen molar-refractivity contribution in [2.75, 3.05) is 19.6 Å². The first-order valence-corrected chi connectivity index (χ1v) is 4.72. The Balaban J connectivity index is 2.49. The molecule has 1 rings (SSSR count). The molecule has 0 radical (unpaired) electrons. The van der Waals surface area contributed by atoms with Crippen molar-refractivity contribution in [2.24, 2.45) is 11.8 Å². The van der Waals surface area contributed by atoms with Gasteiger partial charge in [0, 0.05) is 13.1 Å². The number of nitrogens with zero attached hydrogens (tertiary/aromatic N) is 1. The highest BCUT2D eigenvalue weighted by atomic mass is 19.3. The Morgan fingerprint density at radius 2 is 2.21 bits per heavy atom. The molecule has 1 aliphatic heterocycles. The monoisotopic (exact) mass is 207 g/mol. The molecule has 0 aromatic rings. The molecular formula is C9H15F2NO2. The minimum absolute atomic E-state index is 0.184. The summed E-state index contributed by atoms with van der Waals surface area (Å²) in [7, 11) is 0. The summed E-state index contributed by atoms with van der Waals surface area (Å²) in [6.07, 6.45) is -1.79. The summed E-state index contributed by atoms with van der Waals surface area (Å²) in [4.78, 5) is 12.3. The molecule has 1 N–H and O–H groups in total. The van der Waals surface area contributed by atoms with Crippen LogP contribution in [0.15, 0.2) is 0 Å². The first kappa shape index (κ1) is 11.4. The van der Waals surface area contributed by atoms with Crippen molar-refractivity contribution in [3.63, 3.8) is 0 Å². The molecule has 2 atom stereocenters. The number of halogens is 2. The lowest BCUT2D eigenvalue weighted by Crippen LogP contribution is -2.44. The van der Waals surface area contributed by atoms with Crippen LogP contribution in [-0.2, 0) is 4.79 Å². The van der Waals surface area contributed by atoms with Gasteiger partial charge in [0.05, 0.1) is 12.5 Å². The van der Waals surface area contributed by atoms with Gasteiger partial charge in [-0.1, -0.05) is 6.92 Å². The van der Waals surface area contributed by atoms with Crippen molar-refractivity contribution >= 4 is 5.97 Å². The number of hydrogen-bond acceptors (Lipinski definition) is 2. The zero-order chi connectivity index (χ0) is 10.7. The largest absolute Gasteiger partial charge is 0.481 e. The molecule has 0 aliphatic carbocycles. The lowest BCUT2D eigenvalue weighted by molar-refractivity contribution is -0.144. The average Bonchev–Trinajstić information content (AvgIpc) is 2.01. The summed E-state index contributed by atoms with van der Waals surface area (Å²) in [6, 6.07) is 0. The Bertz CT molecular complexity index is 209. The number of carbonyl (C=O) groups is 1. The Morgan fingerprint density at radius 1 is 1.57 bits per heavy atom. The van der Waals surface area contributed by atoms with Crippen LogP contribution in [0.1, 0.15) is 13.3 Å². The first-order valence-electron chi connectivity index (χ1n) is 4.72. The van der Waals surface area contributed by atoms with E-state index in [1.807, 2.05) is 6.92 Å². The van der Waals surface area contributed by atoms with E-state index >= 15 is 0 Å². The standard InChI is InChI=1S/C9H15F2NO2/c1-6-2-7(9(13)14)4-12(3-6)5-8(10)11/h6-8H,2-5H2,1H3,(H,13,14). The predicted octanol–water partition coefficient (Wildman–Crippen LogP) is 1.29. The average molecular weight is 207 g/mol. The number of rotatable bonds is 3. The van der Waals surface area contributed by atoms with E-state index in [9.17, 15) is 13.6 Å². The zero-order valence-corrected chi connectivity index (χ0v) is 8.12. The SMILES string of the molecule is CC1CC(C(=O)O)CN(CC(F)F)C1. The van der Waals surface area contributed by atoms with Crippen LogP contribution in [0, 0.1) is 11.8 Å². The Hall–Kier alpha value is -0.710. The van der Waals surface area contributed by atoms with Gasteiger partial charge in [0.15, 0.2) is 0 Å². The van der Waals surface area contributed by atoms with Gasteiger partial charge in [0.1, 0.15) is 0 Å². The van der Waals surface area contributed by atoms with E-state index in [2.05, 4.69) is 0 Å². The summed E-state index contributed by atoms with van der Waals surface area (Å²) in [6.45, 7) is 2.42. The number of carboxylic acids is 1. The number of piperidine rings is 1. The van der Waals surface area contributed by atoms with Gasteiger partial charge in [-0.3, -0.25) is 9.69 Å². The molecule has 5 heteroatoms. The van der Waals surface area contributed by atoms with Crippen molar-refractivity contribution in [3.05, 3.63) is 0 Å². The normalized spacial score (nSPS) is 29.4. The van der Waals surface area contributed by atoms with Crippen LogP contribution in [0.2, 0.25) is 0 Å². The van der Waals surface area contributed by atoms with Gasteiger partial charge in [-0.15, -0.1) is 0 Å². The topological polar surface area (TPSA) is 40.5 Å². The van der Waals surface area contributed by atoms with Crippen molar-refractivity contribution in [2.45, 2.75) is 19.8 Å². The predicted molar refractivity (Wildman–Crippen MR) is 47.4 cm³/mol. The van der Waals surface area contributed by atoms with E-state index in [1.54, 1.807) is 0 Å². The second-order valence-corrected chi connectivity index (χ2v) is 3.99. The molecule has 0 saturated carbocycles. The fourth-order valence-corrected chi connectivity index (χ4v) is 1.98. The van der Waals surface area contributed by atoms with Crippen LogP contribution in [0.4, 0.5) is 8.78 Å². The molecule has 2 unspecified atom stereocenters. The van der Waals surface area contributed by atoms with Gasteiger partial charge in [-0.05, 0) is 12.3 Å². The summed E-state index contributed by atoms with van der Waals surface area (Å²) >= 11 is 0. The molecule has 1 heterocycles. The van der Waals surface area contributed by atoms with Gasteiger partial charge >= 0.3 is 5.97 Å². The van der Waals surface area contributed by atoms with E-state index in [4.69, 9.17) is 5.11 Å². The number of carboxylic acid groups (broad SMARTS) is 1. The highest BCUT2D eigenvalue weighted by Gasteiger charge is 2.30. The van der Waals surface area contributed by atoms with Crippen LogP contribution in [0.3, 0.4) is 0 Å². The third-order valence-corrected chi connectivity index (χ3v) is 2.48. The lowest BCUT2D eigenvalue weighted by atomic mass is 9.90. The van der Waals surface area contributed by atoms with E-state index in [-0.39, 0.29) is 19.0 Å². The van der Waals surface area contributed by atoms with Gasteiger partial charge in [0.25, 0.3) is 6.43 Å². The zero-order valence-electron chi connectivity index (χ0n) is 8.12. The fourth-order valence-electron chi connectivity index (χ4n) is 1.98. The fraction of sp³-hybridized carbons (Fsp3) is 0.889. The quantitative estimate of drug-likeness (QED) is 0.758. The number of alkyl halides is 2. The van der Waals surface area contributed by atoms with E-state index in [0.29, 0.717) is 13.0 Å². The molecule has 82 valence electrons. The smallest absolute Gasteiger partial charge is 0.307 e. The van der Waals surface area contributed by atoms with E-state index in [0.717, 1.165) is 0 Å². The van der Waals surface area contributed by atoms with Crippen LogP contribution in [0.25, 0.3) is 0 Å². The van der Waals surface area contributed by atoms with E-state index in [1.165, 1.54) is 4.90 Å². The molecule has 0 spiro atoms. The Labute approximate surface area is 81.7 Å². The van der Waals surface area contributed by atoms with Crippen LogP contribution in [0.5, 0.6) is 0 Å². The molecule has 0 aromatic heterocycles. The Kier molecular flexibility index (Phi) is 3.80. The summed E-state index contributed by atoms with van der Waals surface area (Å²) in [5.74, 6) is -1.18. The second kappa shape index (κ2) is 4.68. The van der Waals surface area contributed by atoms with Gasteiger partial charge in [-0.2, -0.15) is 0 Å². The molecule has 1 saturated heterocycles. The maximum absolute atomic E-state index is 12.1. The second-order valence-electron chi connectivity index (χ2n) is 3.99. The first-order chi connectivity index (χ1) is 6.49. The highest BCUT2D eigenvalue weighted by Crippen LogP contribution is 2.22. The van der Waals surface area contributed by atoms with Crippen LogP contribution in [-0.4, -0.2) is 42.0 Å². The van der Waals surface area contributed by atoms with Crippen molar-refractivity contribution < 1.29 is 18.7 Å². The van der Waals surface area contributed by atoms with E-state index < -0.39 is 18.3 Å². The molecule has 0 aromatic carbocycles. The molecular weight excluding hydrogens is 192 g/mol. The summed E-state index contributed by atoms with van der Waals surface area (Å²) in [5, 5.41) is 8.79. The lowest BCUT2D eigenvalue weighted by Gasteiger charge is -2.34. The molecule has 14 heavy (non-hydrogen) atoms. The molecule has 0 bridgehead atoms. The Morgan fingerprint density at radius 3 is 2.71 bits per heavy atom. The van der Waals surface area contributed by atoms with Gasteiger partial charge in [0.2, 0.25) is 0 Å².